The van der Waals surface area contributed by atoms with E-state index in [2.05, 4.69) is 0 Å². The Morgan fingerprint density at radius 1 is 1.43 bits per heavy atom. The Morgan fingerprint density at radius 2 is 2.00 bits per heavy atom. The van der Waals surface area contributed by atoms with Crippen LogP contribution < -0.4 is 0 Å². The number of hydrogen-bond donors (Lipinski definition) is 2. The summed E-state index contributed by atoms with van der Waals surface area (Å²) in [6.45, 7) is 1.59. The molecule has 1 rings (SSSR count). The predicted octanol–water partition coefficient (Wildman–Crippen LogP) is 1.03. The zero-order chi connectivity index (χ0) is 10.9. The number of hydrogen-bond acceptors (Lipinski definition) is 3. The molecule has 0 aromatic rings. The van der Waals surface area contributed by atoms with Gasteiger partial charge in [-0.15, -0.1) is 0 Å². The number of thiocarbonyl (C=S) groups is 1. The molecule has 0 amide bonds. The highest BCUT2D eigenvalue weighted by Crippen LogP contribution is 2.22. The molecule has 1 atom stereocenters. The summed E-state index contributed by atoms with van der Waals surface area (Å²) in [5, 5.41) is 17.5. The van der Waals surface area contributed by atoms with E-state index < -0.39 is 17.9 Å². The fraction of sp³-hybridized carbons (Fsp3) is 0.222. The molecule has 0 aromatic heterocycles. The molecule has 1 unspecified atom stereocenters. The average molecular weight is 212 g/mol. The van der Waals surface area contributed by atoms with Crippen molar-refractivity contribution in [1.29, 1.82) is 0 Å². The standard InChI is InChI=1S/C9H8O4S/c1-4-2-3-5(8(10)11)7(14)6(4)9(12)13/h2-3,5H,1H3,(H,10,11)(H,12,13). The maximum Gasteiger partial charge on any atom is 0.337 e. The summed E-state index contributed by atoms with van der Waals surface area (Å²) in [5.41, 5.74) is 0.412. The van der Waals surface area contributed by atoms with E-state index in [0.717, 1.165) is 0 Å². The Hall–Kier alpha value is -1.49. The normalized spacial score (nSPS) is 21.2. The van der Waals surface area contributed by atoms with Gasteiger partial charge in [0.25, 0.3) is 0 Å². The van der Waals surface area contributed by atoms with Crippen LogP contribution in [-0.2, 0) is 9.59 Å². The molecule has 1 aliphatic carbocycles. The molecule has 0 bridgehead atoms. The van der Waals surface area contributed by atoms with Gasteiger partial charge in [0.2, 0.25) is 0 Å². The minimum atomic E-state index is -1.18. The third-order valence-corrected chi connectivity index (χ3v) is 2.40. The number of aliphatic carboxylic acids is 2. The van der Waals surface area contributed by atoms with Crippen molar-refractivity contribution in [1.82, 2.24) is 0 Å². The van der Waals surface area contributed by atoms with Crippen LogP contribution in [0.25, 0.3) is 0 Å². The van der Waals surface area contributed by atoms with E-state index in [9.17, 15) is 9.59 Å². The van der Waals surface area contributed by atoms with Crippen LogP contribution in [-0.4, -0.2) is 27.0 Å². The Labute approximate surface area is 85.5 Å². The smallest absolute Gasteiger partial charge is 0.337 e. The summed E-state index contributed by atoms with van der Waals surface area (Å²) in [4.78, 5) is 21.4. The molecule has 0 aliphatic heterocycles. The maximum absolute atomic E-state index is 10.8. The second kappa shape index (κ2) is 3.71. The van der Waals surface area contributed by atoms with Gasteiger partial charge in [-0.3, -0.25) is 4.79 Å². The first-order chi connectivity index (χ1) is 6.45. The Balaban J connectivity index is 3.16. The summed E-state index contributed by atoms with van der Waals surface area (Å²) in [5.74, 6) is -3.31. The summed E-state index contributed by atoms with van der Waals surface area (Å²) in [6, 6.07) is 0. The van der Waals surface area contributed by atoms with Crippen LogP contribution in [0.3, 0.4) is 0 Å². The van der Waals surface area contributed by atoms with Gasteiger partial charge < -0.3 is 10.2 Å². The monoisotopic (exact) mass is 212 g/mol. The van der Waals surface area contributed by atoms with Crippen molar-refractivity contribution in [3.8, 4) is 0 Å². The van der Waals surface area contributed by atoms with Crippen molar-refractivity contribution in [3.63, 3.8) is 0 Å². The lowest BCUT2D eigenvalue weighted by atomic mass is 9.90. The van der Waals surface area contributed by atoms with Gasteiger partial charge in [0.05, 0.1) is 5.57 Å². The lowest BCUT2D eigenvalue weighted by Gasteiger charge is -2.16. The number of rotatable bonds is 2. The van der Waals surface area contributed by atoms with Gasteiger partial charge in [0.15, 0.2) is 0 Å². The van der Waals surface area contributed by atoms with E-state index in [0.29, 0.717) is 5.57 Å². The average Bonchev–Trinajstić information content (AvgIpc) is 2.02. The van der Waals surface area contributed by atoms with Gasteiger partial charge in [0, 0.05) is 4.86 Å². The molecule has 14 heavy (non-hydrogen) atoms. The second-order valence-corrected chi connectivity index (χ2v) is 3.34. The van der Waals surface area contributed by atoms with Crippen LogP contribution in [0.15, 0.2) is 23.3 Å². The fourth-order valence-corrected chi connectivity index (χ4v) is 1.66. The molecule has 4 nitrogen and oxygen atoms in total. The van der Waals surface area contributed by atoms with E-state index in [1.54, 1.807) is 6.92 Å². The van der Waals surface area contributed by atoms with Crippen molar-refractivity contribution in [3.05, 3.63) is 23.3 Å². The van der Waals surface area contributed by atoms with Gasteiger partial charge in [-0.25, -0.2) is 4.79 Å². The van der Waals surface area contributed by atoms with Crippen molar-refractivity contribution < 1.29 is 19.8 Å². The summed E-state index contributed by atoms with van der Waals surface area (Å²) in [6.07, 6.45) is 2.87. The Morgan fingerprint density at radius 3 is 2.43 bits per heavy atom. The van der Waals surface area contributed by atoms with E-state index in [-0.39, 0.29) is 10.4 Å². The van der Waals surface area contributed by atoms with Crippen molar-refractivity contribution in [2.75, 3.05) is 0 Å². The lowest BCUT2D eigenvalue weighted by Crippen LogP contribution is -2.28. The third kappa shape index (κ3) is 1.72. The van der Waals surface area contributed by atoms with Crippen LogP contribution in [0.1, 0.15) is 6.92 Å². The summed E-state index contributed by atoms with van der Waals surface area (Å²) >= 11 is 4.81. The summed E-state index contributed by atoms with van der Waals surface area (Å²) in [7, 11) is 0. The minimum absolute atomic E-state index is 0.0370. The lowest BCUT2D eigenvalue weighted by molar-refractivity contribution is -0.137. The number of carboxylic acid groups (broad SMARTS) is 2. The van der Waals surface area contributed by atoms with Crippen LogP contribution in [0.4, 0.5) is 0 Å². The summed E-state index contributed by atoms with van der Waals surface area (Å²) < 4.78 is 0. The van der Waals surface area contributed by atoms with Crippen LogP contribution in [0.5, 0.6) is 0 Å². The molecule has 1 aliphatic rings. The van der Waals surface area contributed by atoms with Crippen molar-refractivity contribution in [2.45, 2.75) is 6.92 Å². The third-order valence-electron chi connectivity index (χ3n) is 1.94. The van der Waals surface area contributed by atoms with Gasteiger partial charge in [0.1, 0.15) is 5.92 Å². The van der Waals surface area contributed by atoms with Gasteiger partial charge >= 0.3 is 11.9 Å². The molecule has 5 heteroatoms. The highest BCUT2D eigenvalue weighted by molar-refractivity contribution is 7.81. The highest BCUT2D eigenvalue weighted by Gasteiger charge is 2.29. The topological polar surface area (TPSA) is 74.6 Å². The molecule has 0 spiro atoms. The maximum atomic E-state index is 10.8. The second-order valence-electron chi connectivity index (χ2n) is 2.90. The van der Waals surface area contributed by atoms with Crippen LogP contribution in [0, 0.1) is 5.92 Å². The van der Waals surface area contributed by atoms with Gasteiger partial charge in [-0.05, 0) is 12.5 Å². The first kappa shape index (κ1) is 10.6. The van der Waals surface area contributed by atoms with Gasteiger partial charge in [-0.1, -0.05) is 24.4 Å². The molecule has 0 heterocycles. The molecule has 0 fully saturated rings. The van der Waals surface area contributed by atoms with Gasteiger partial charge in [-0.2, -0.15) is 0 Å². The minimum Gasteiger partial charge on any atom is -0.481 e. The predicted molar refractivity (Wildman–Crippen MR) is 53.2 cm³/mol. The van der Waals surface area contributed by atoms with E-state index in [1.807, 2.05) is 0 Å². The van der Waals surface area contributed by atoms with E-state index >= 15 is 0 Å². The zero-order valence-corrected chi connectivity index (χ0v) is 8.17. The number of allylic oxidation sites excluding steroid dienone is 2. The Kier molecular flexibility index (Phi) is 2.81. The van der Waals surface area contributed by atoms with Crippen molar-refractivity contribution in [2.24, 2.45) is 5.92 Å². The van der Waals surface area contributed by atoms with Crippen LogP contribution >= 0.6 is 12.2 Å². The first-order valence-electron chi connectivity index (χ1n) is 3.84. The molecule has 0 aromatic carbocycles. The van der Waals surface area contributed by atoms with E-state index in [4.69, 9.17) is 22.4 Å². The highest BCUT2D eigenvalue weighted by atomic mass is 32.1. The zero-order valence-electron chi connectivity index (χ0n) is 7.35. The molecule has 0 saturated heterocycles. The first-order valence-corrected chi connectivity index (χ1v) is 4.25. The van der Waals surface area contributed by atoms with Crippen LogP contribution in [0.2, 0.25) is 0 Å². The molecular formula is C9H8O4S. The number of carboxylic acids is 2. The Bertz CT molecular complexity index is 378. The molecular weight excluding hydrogens is 204 g/mol. The SMILES string of the molecule is CC1=C(C(=O)O)C(=S)C(C(=O)O)C=C1. The molecule has 0 saturated carbocycles. The largest absolute Gasteiger partial charge is 0.481 e. The molecule has 74 valence electrons. The molecule has 2 N–H and O–H groups in total. The van der Waals surface area contributed by atoms with E-state index in [1.165, 1.54) is 12.2 Å². The van der Waals surface area contributed by atoms with Crippen molar-refractivity contribution >= 4 is 29.0 Å². The molecule has 0 radical (unpaired) electrons. The number of carbonyl (C=O) groups is 2. The fourth-order valence-electron chi connectivity index (χ4n) is 1.23. The quantitative estimate of drug-likeness (QED) is 0.668.